The standard InChI is InChI=1S/C13H18N4O2/c1-4-11-16-12(13(14)17(11)15)8-5-6-9(18-2)10(7-8)19-3/h5-7H,4,14-15H2,1-3H3. The van der Waals surface area contributed by atoms with Crippen molar-refractivity contribution in [2.24, 2.45) is 0 Å². The first-order chi connectivity index (χ1) is 9.12. The molecule has 19 heavy (non-hydrogen) atoms. The van der Waals surface area contributed by atoms with Gasteiger partial charge in [-0.3, -0.25) is 0 Å². The number of ether oxygens (including phenoxy) is 2. The summed E-state index contributed by atoms with van der Waals surface area (Å²) in [6.07, 6.45) is 0.716. The Morgan fingerprint density at radius 2 is 1.89 bits per heavy atom. The van der Waals surface area contributed by atoms with Crippen LogP contribution in [0.3, 0.4) is 0 Å². The lowest BCUT2D eigenvalue weighted by atomic mass is 10.1. The molecule has 0 saturated heterocycles. The molecular formula is C13H18N4O2. The van der Waals surface area contributed by atoms with Gasteiger partial charge in [-0.2, -0.15) is 0 Å². The van der Waals surface area contributed by atoms with E-state index in [1.165, 1.54) is 4.68 Å². The van der Waals surface area contributed by atoms with Crippen molar-refractivity contribution < 1.29 is 9.47 Å². The zero-order valence-electron chi connectivity index (χ0n) is 11.3. The minimum absolute atomic E-state index is 0.434. The molecule has 6 nitrogen and oxygen atoms in total. The number of methoxy groups -OCH3 is 2. The Kier molecular flexibility index (Phi) is 3.50. The monoisotopic (exact) mass is 262 g/mol. The summed E-state index contributed by atoms with van der Waals surface area (Å²) in [5, 5.41) is 0. The summed E-state index contributed by atoms with van der Waals surface area (Å²) in [7, 11) is 3.18. The minimum Gasteiger partial charge on any atom is -0.493 e. The van der Waals surface area contributed by atoms with Gasteiger partial charge in [-0.25, -0.2) is 9.66 Å². The first kappa shape index (κ1) is 13.1. The Bertz CT molecular complexity index is 593. The number of nitrogens with two attached hydrogens (primary N) is 2. The van der Waals surface area contributed by atoms with Gasteiger partial charge in [0.25, 0.3) is 0 Å². The van der Waals surface area contributed by atoms with Gasteiger partial charge < -0.3 is 21.1 Å². The lowest BCUT2D eigenvalue weighted by Gasteiger charge is -2.08. The normalized spacial score (nSPS) is 10.5. The van der Waals surface area contributed by atoms with E-state index in [1.54, 1.807) is 14.2 Å². The predicted molar refractivity (Wildman–Crippen MR) is 74.7 cm³/mol. The van der Waals surface area contributed by atoms with Crippen LogP contribution in [-0.2, 0) is 6.42 Å². The number of rotatable bonds is 4. The van der Waals surface area contributed by atoms with Crippen LogP contribution in [0, 0.1) is 0 Å². The van der Waals surface area contributed by atoms with Crippen molar-refractivity contribution in [3.63, 3.8) is 0 Å². The lowest BCUT2D eigenvalue weighted by molar-refractivity contribution is 0.355. The highest BCUT2D eigenvalue weighted by molar-refractivity contribution is 5.73. The van der Waals surface area contributed by atoms with Gasteiger partial charge >= 0.3 is 0 Å². The quantitative estimate of drug-likeness (QED) is 0.814. The Hall–Kier alpha value is -2.37. The van der Waals surface area contributed by atoms with Crippen molar-refractivity contribution in [1.29, 1.82) is 0 Å². The number of hydrogen-bond acceptors (Lipinski definition) is 5. The second-order valence-corrected chi connectivity index (χ2v) is 4.06. The number of nitrogens with zero attached hydrogens (tertiary/aromatic N) is 2. The highest BCUT2D eigenvalue weighted by Crippen LogP contribution is 2.33. The average Bonchev–Trinajstić information content (AvgIpc) is 2.74. The first-order valence-electron chi connectivity index (χ1n) is 5.96. The topological polar surface area (TPSA) is 88.3 Å². The first-order valence-corrected chi connectivity index (χ1v) is 5.96. The van der Waals surface area contributed by atoms with E-state index in [1.807, 2.05) is 25.1 Å². The molecule has 0 saturated carbocycles. The van der Waals surface area contributed by atoms with E-state index in [2.05, 4.69) is 4.98 Å². The summed E-state index contributed by atoms with van der Waals surface area (Å²) in [4.78, 5) is 4.45. The predicted octanol–water partition coefficient (Wildman–Crippen LogP) is 1.43. The molecule has 1 heterocycles. The third-order valence-electron chi connectivity index (χ3n) is 2.99. The van der Waals surface area contributed by atoms with Crippen LogP contribution in [0.25, 0.3) is 11.3 Å². The van der Waals surface area contributed by atoms with Crippen LogP contribution in [0.4, 0.5) is 5.82 Å². The molecule has 1 aromatic heterocycles. The maximum atomic E-state index is 5.98. The molecule has 0 atom stereocenters. The third kappa shape index (κ3) is 2.16. The third-order valence-corrected chi connectivity index (χ3v) is 2.99. The summed E-state index contributed by atoms with van der Waals surface area (Å²) < 4.78 is 11.9. The maximum Gasteiger partial charge on any atom is 0.161 e. The summed E-state index contributed by atoms with van der Waals surface area (Å²) in [6, 6.07) is 5.52. The van der Waals surface area contributed by atoms with Crippen LogP contribution in [0.1, 0.15) is 12.7 Å². The Balaban J connectivity index is 2.53. The summed E-state index contributed by atoms with van der Waals surface area (Å²) in [6.45, 7) is 1.98. The van der Waals surface area contributed by atoms with Gasteiger partial charge in [-0.05, 0) is 18.2 Å². The number of aryl methyl sites for hydroxylation is 1. The van der Waals surface area contributed by atoms with Crippen LogP contribution in [-0.4, -0.2) is 23.9 Å². The van der Waals surface area contributed by atoms with E-state index in [0.717, 1.165) is 11.4 Å². The van der Waals surface area contributed by atoms with Gasteiger partial charge in [0.05, 0.1) is 14.2 Å². The average molecular weight is 262 g/mol. The number of hydrogen-bond donors (Lipinski definition) is 2. The van der Waals surface area contributed by atoms with Crippen LogP contribution in [0.15, 0.2) is 18.2 Å². The smallest absolute Gasteiger partial charge is 0.161 e. The lowest BCUT2D eigenvalue weighted by Crippen LogP contribution is -2.14. The number of anilines is 1. The second kappa shape index (κ2) is 5.09. The van der Waals surface area contributed by atoms with E-state index in [-0.39, 0.29) is 0 Å². The van der Waals surface area contributed by atoms with Crippen molar-refractivity contribution in [1.82, 2.24) is 9.66 Å². The number of nitrogen functional groups attached to an aromatic ring is 2. The zero-order chi connectivity index (χ0) is 14.0. The highest BCUT2D eigenvalue weighted by Gasteiger charge is 2.15. The summed E-state index contributed by atoms with van der Waals surface area (Å²) in [5.74, 6) is 8.31. The van der Waals surface area contributed by atoms with Crippen LogP contribution >= 0.6 is 0 Å². The molecule has 0 bridgehead atoms. The maximum absolute atomic E-state index is 5.98. The fourth-order valence-corrected chi connectivity index (χ4v) is 1.94. The molecule has 0 amide bonds. The molecule has 6 heteroatoms. The molecule has 4 N–H and O–H groups in total. The molecule has 0 spiro atoms. The van der Waals surface area contributed by atoms with Crippen LogP contribution in [0.5, 0.6) is 11.5 Å². The molecule has 0 aliphatic heterocycles. The van der Waals surface area contributed by atoms with E-state index in [9.17, 15) is 0 Å². The SMILES string of the molecule is CCc1nc(-c2ccc(OC)c(OC)c2)c(N)n1N. The number of aromatic nitrogens is 2. The Morgan fingerprint density at radius 3 is 2.42 bits per heavy atom. The highest BCUT2D eigenvalue weighted by atomic mass is 16.5. The van der Waals surface area contributed by atoms with E-state index >= 15 is 0 Å². The van der Waals surface area contributed by atoms with Crippen LogP contribution < -0.4 is 21.1 Å². The van der Waals surface area contributed by atoms with Crippen molar-refractivity contribution in [3.05, 3.63) is 24.0 Å². The van der Waals surface area contributed by atoms with E-state index < -0.39 is 0 Å². The fourth-order valence-electron chi connectivity index (χ4n) is 1.94. The van der Waals surface area contributed by atoms with Crippen molar-refractivity contribution in [2.75, 3.05) is 25.8 Å². The van der Waals surface area contributed by atoms with Crippen molar-refractivity contribution in [3.8, 4) is 22.8 Å². The van der Waals surface area contributed by atoms with Crippen molar-refractivity contribution >= 4 is 5.82 Å². The molecule has 2 aromatic rings. The Labute approximate surface area is 111 Å². The van der Waals surface area contributed by atoms with E-state index in [0.29, 0.717) is 29.4 Å². The fraction of sp³-hybridized carbons (Fsp3) is 0.308. The summed E-state index contributed by atoms with van der Waals surface area (Å²) in [5.41, 5.74) is 7.47. The van der Waals surface area contributed by atoms with Gasteiger partial charge in [-0.15, -0.1) is 0 Å². The molecule has 2 rings (SSSR count). The molecule has 102 valence electrons. The van der Waals surface area contributed by atoms with Crippen molar-refractivity contribution in [2.45, 2.75) is 13.3 Å². The molecule has 0 fully saturated rings. The molecule has 1 aromatic carbocycles. The molecule has 0 aliphatic carbocycles. The number of imidazole rings is 1. The molecule has 0 radical (unpaired) electrons. The largest absolute Gasteiger partial charge is 0.493 e. The van der Waals surface area contributed by atoms with Gasteiger partial charge in [-0.1, -0.05) is 6.92 Å². The molecular weight excluding hydrogens is 244 g/mol. The van der Waals surface area contributed by atoms with Gasteiger partial charge in [0.1, 0.15) is 11.5 Å². The molecule has 0 unspecified atom stereocenters. The zero-order valence-corrected chi connectivity index (χ0v) is 11.3. The second-order valence-electron chi connectivity index (χ2n) is 4.06. The summed E-state index contributed by atoms with van der Waals surface area (Å²) >= 11 is 0. The van der Waals surface area contributed by atoms with Gasteiger partial charge in [0.2, 0.25) is 0 Å². The molecule has 0 aliphatic rings. The van der Waals surface area contributed by atoms with E-state index in [4.69, 9.17) is 21.1 Å². The minimum atomic E-state index is 0.434. The number of benzene rings is 1. The van der Waals surface area contributed by atoms with Crippen LogP contribution in [0.2, 0.25) is 0 Å². The Morgan fingerprint density at radius 1 is 1.21 bits per heavy atom. The van der Waals surface area contributed by atoms with Gasteiger partial charge in [0, 0.05) is 12.0 Å². The van der Waals surface area contributed by atoms with Gasteiger partial charge in [0.15, 0.2) is 17.3 Å².